The van der Waals surface area contributed by atoms with Gasteiger partial charge in [0.2, 0.25) is 5.91 Å². The molecule has 0 aliphatic heterocycles. The molecule has 0 saturated heterocycles. The van der Waals surface area contributed by atoms with E-state index in [-0.39, 0.29) is 11.8 Å². The van der Waals surface area contributed by atoms with Gasteiger partial charge in [-0.15, -0.1) is 10.2 Å². The molecule has 3 aromatic rings. The minimum Gasteiger partial charge on any atom is -0.326 e. The number of carbonyl (C=O) groups is 2. The van der Waals surface area contributed by atoms with Crippen molar-refractivity contribution in [2.45, 2.75) is 6.92 Å². The van der Waals surface area contributed by atoms with Gasteiger partial charge in [-0.3, -0.25) is 14.6 Å². The lowest BCUT2D eigenvalue weighted by molar-refractivity contribution is -0.114. The van der Waals surface area contributed by atoms with Gasteiger partial charge < -0.3 is 10.6 Å². The molecule has 0 aliphatic rings. The number of benzene rings is 1. The number of hydrogen-bond donors (Lipinski definition) is 2. The number of nitrogens with zero attached hydrogens (tertiary/aromatic N) is 3. The Balaban J connectivity index is 1.74. The number of carbonyl (C=O) groups excluding carboxylic acids is 2. The molecule has 124 valence electrons. The van der Waals surface area contributed by atoms with Gasteiger partial charge in [-0.05, 0) is 36.4 Å². The lowest BCUT2D eigenvalue weighted by Gasteiger charge is -2.06. The summed E-state index contributed by atoms with van der Waals surface area (Å²) >= 11 is 0. The van der Waals surface area contributed by atoms with E-state index in [0.29, 0.717) is 22.9 Å². The molecule has 3 rings (SSSR count). The average molecular weight is 333 g/mol. The SMILES string of the molecule is CC(=O)Nc1cccc(-c2ccc(NC(=O)c3ccccn3)nn2)c1. The van der Waals surface area contributed by atoms with Crippen LogP contribution in [0.25, 0.3) is 11.3 Å². The van der Waals surface area contributed by atoms with Gasteiger partial charge in [-0.25, -0.2) is 0 Å². The molecule has 7 nitrogen and oxygen atoms in total. The van der Waals surface area contributed by atoms with Crippen molar-refractivity contribution in [1.82, 2.24) is 15.2 Å². The normalized spacial score (nSPS) is 10.1. The zero-order valence-corrected chi connectivity index (χ0v) is 13.4. The van der Waals surface area contributed by atoms with E-state index in [4.69, 9.17) is 0 Å². The fraction of sp³-hybridized carbons (Fsp3) is 0.0556. The van der Waals surface area contributed by atoms with Crippen LogP contribution in [0.1, 0.15) is 17.4 Å². The second-order valence-corrected chi connectivity index (χ2v) is 5.23. The fourth-order valence-corrected chi connectivity index (χ4v) is 2.19. The molecule has 7 heteroatoms. The number of pyridine rings is 1. The molecule has 0 fully saturated rings. The minimum atomic E-state index is -0.352. The molecular weight excluding hydrogens is 318 g/mol. The number of anilines is 2. The highest BCUT2D eigenvalue weighted by Crippen LogP contribution is 2.21. The van der Waals surface area contributed by atoms with Crippen molar-refractivity contribution in [3.8, 4) is 11.3 Å². The summed E-state index contributed by atoms with van der Waals surface area (Å²) in [4.78, 5) is 27.2. The Morgan fingerprint density at radius 2 is 1.80 bits per heavy atom. The average Bonchev–Trinajstić information content (AvgIpc) is 2.63. The number of nitrogens with one attached hydrogen (secondary N) is 2. The highest BCUT2D eigenvalue weighted by atomic mass is 16.2. The monoisotopic (exact) mass is 333 g/mol. The van der Waals surface area contributed by atoms with Gasteiger partial charge in [0.25, 0.3) is 5.91 Å². The third-order valence-corrected chi connectivity index (χ3v) is 3.28. The van der Waals surface area contributed by atoms with Crippen molar-refractivity contribution < 1.29 is 9.59 Å². The highest BCUT2D eigenvalue weighted by molar-refractivity contribution is 6.02. The predicted octanol–water partition coefficient (Wildman–Crippen LogP) is 2.75. The summed E-state index contributed by atoms with van der Waals surface area (Å²) in [6, 6.07) is 15.8. The van der Waals surface area contributed by atoms with Crippen molar-refractivity contribution in [3.63, 3.8) is 0 Å². The molecule has 0 aliphatic carbocycles. The molecule has 0 saturated carbocycles. The minimum absolute atomic E-state index is 0.143. The van der Waals surface area contributed by atoms with Crippen LogP contribution < -0.4 is 10.6 Å². The van der Waals surface area contributed by atoms with Crippen molar-refractivity contribution in [3.05, 3.63) is 66.5 Å². The molecule has 0 unspecified atom stereocenters. The summed E-state index contributed by atoms with van der Waals surface area (Å²) in [6.45, 7) is 1.45. The molecule has 0 spiro atoms. The van der Waals surface area contributed by atoms with Crippen molar-refractivity contribution in [1.29, 1.82) is 0 Å². The Morgan fingerprint density at radius 1 is 0.920 bits per heavy atom. The molecular formula is C18H15N5O2. The Bertz CT molecular complexity index is 895. The first kappa shape index (κ1) is 16.3. The summed E-state index contributed by atoms with van der Waals surface area (Å²) in [5, 5.41) is 13.5. The van der Waals surface area contributed by atoms with E-state index in [1.165, 1.54) is 6.92 Å². The van der Waals surface area contributed by atoms with Crippen molar-refractivity contribution in [2.24, 2.45) is 0 Å². The second kappa shape index (κ2) is 7.31. The topological polar surface area (TPSA) is 96.9 Å². The number of rotatable bonds is 4. The Labute approximate surface area is 144 Å². The van der Waals surface area contributed by atoms with Gasteiger partial charge in [0, 0.05) is 24.4 Å². The molecule has 1 aromatic carbocycles. The van der Waals surface area contributed by atoms with E-state index in [1.807, 2.05) is 12.1 Å². The smallest absolute Gasteiger partial charge is 0.275 e. The maximum absolute atomic E-state index is 12.0. The van der Waals surface area contributed by atoms with Gasteiger partial charge in [-0.1, -0.05) is 18.2 Å². The van der Waals surface area contributed by atoms with E-state index in [1.54, 1.807) is 48.7 Å². The van der Waals surface area contributed by atoms with Crippen molar-refractivity contribution >= 4 is 23.3 Å². The van der Waals surface area contributed by atoms with Gasteiger partial charge in [0.05, 0.1) is 5.69 Å². The van der Waals surface area contributed by atoms with E-state index in [0.717, 1.165) is 5.56 Å². The first-order valence-corrected chi connectivity index (χ1v) is 7.56. The number of hydrogen-bond acceptors (Lipinski definition) is 5. The van der Waals surface area contributed by atoms with Crippen LogP contribution in [-0.4, -0.2) is 27.0 Å². The molecule has 2 aromatic heterocycles. The van der Waals surface area contributed by atoms with Gasteiger partial charge in [0.1, 0.15) is 5.69 Å². The molecule has 0 radical (unpaired) electrons. The van der Waals surface area contributed by atoms with Gasteiger partial charge >= 0.3 is 0 Å². The predicted molar refractivity (Wildman–Crippen MR) is 94.0 cm³/mol. The van der Waals surface area contributed by atoms with Gasteiger partial charge in [0.15, 0.2) is 5.82 Å². The zero-order chi connectivity index (χ0) is 17.6. The van der Waals surface area contributed by atoms with E-state index >= 15 is 0 Å². The third kappa shape index (κ3) is 4.23. The zero-order valence-electron chi connectivity index (χ0n) is 13.4. The molecule has 25 heavy (non-hydrogen) atoms. The van der Waals surface area contributed by atoms with E-state index < -0.39 is 0 Å². The largest absolute Gasteiger partial charge is 0.326 e. The fourth-order valence-electron chi connectivity index (χ4n) is 2.19. The summed E-state index contributed by atoms with van der Waals surface area (Å²) in [7, 11) is 0. The van der Waals surface area contributed by atoms with Crippen LogP contribution in [0.5, 0.6) is 0 Å². The van der Waals surface area contributed by atoms with Crippen LogP contribution in [0.3, 0.4) is 0 Å². The first-order valence-electron chi connectivity index (χ1n) is 7.56. The summed E-state index contributed by atoms with van der Waals surface area (Å²) in [5.41, 5.74) is 2.42. The van der Waals surface area contributed by atoms with Crippen LogP contribution in [0.4, 0.5) is 11.5 Å². The summed E-state index contributed by atoms with van der Waals surface area (Å²) < 4.78 is 0. The van der Waals surface area contributed by atoms with E-state index in [2.05, 4.69) is 25.8 Å². The Kier molecular flexibility index (Phi) is 4.75. The van der Waals surface area contributed by atoms with E-state index in [9.17, 15) is 9.59 Å². The maximum atomic E-state index is 12.0. The molecule has 2 N–H and O–H groups in total. The third-order valence-electron chi connectivity index (χ3n) is 3.28. The Morgan fingerprint density at radius 3 is 2.48 bits per heavy atom. The molecule has 2 amide bonds. The van der Waals surface area contributed by atoms with Crippen LogP contribution in [-0.2, 0) is 4.79 Å². The van der Waals surface area contributed by atoms with Crippen LogP contribution in [0, 0.1) is 0 Å². The standard InChI is InChI=1S/C18H15N5O2/c1-12(24)20-14-6-4-5-13(11-14)15-8-9-17(23-22-15)21-18(25)16-7-2-3-10-19-16/h2-11H,1H3,(H,20,24)(H,21,23,25). The first-order chi connectivity index (χ1) is 12.1. The summed E-state index contributed by atoms with van der Waals surface area (Å²) in [5.74, 6) is -0.163. The number of aromatic nitrogens is 3. The Hall–Kier alpha value is -3.61. The number of amides is 2. The van der Waals surface area contributed by atoms with Crippen LogP contribution >= 0.6 is 0 Å². The quantitative estimate of drug-likeness (QED) is 0.765. The van der Waals surface area contributed by atoms with Crippen LogP contribution in [0.15, 0.2) is 60.8 Å². The second-order valence-electron chi connectivity index (χ2n) is 5.23. The molecule has 0 atom stereocenters. The van der Waals surface area contributed by atoms with Crippen LogP contribution in [0.2, 0.25) is 0 Å². The lowest BCUT2D eigenvalue weighted by atomic mass is 10.1. The lowest BCUT2D eigenvalue weighted by Crippen LogP contribution is -2.14. The highest BCUT2D eigenvalue weighted by Gasteiger charge is 2.08. The molecule has 0 bridgehead atoms. The van der Waals surface area contributed by atoms with Crippen molar-refractivity contribution in [2.75, 3.05) is 10.6 Å². The molecule has 2 heterocycles. The summed E-state index contributed by atoms with van der Waals surface area (Å²) in [6.07, 6.45) is 1.55. The van der Waals surface area contributed by atoms with Gasteiger partial charge in [-0.2, -0.15) is 0 Å². The maximum Gasteiger partial charge on any atom is 0.275 e.